The van der Waals surface area contributed by atoms with E-state index in [0.29, 0.717) is 12.6 Å². The fraction of sp³-hybridized carbons (Fsp3) is 0.571. The molecule has 1 atom stereocenters. The maximum atomic E-state index is 5.66. The number of nitrogens with zero attached hydrogens (tertiary/aromatic N) is 1. The van der Waals surface area contributed by atoms with Crippen molar-refractivity contribution in [3.05, 3.63) is 29.8 Å². The lowest BCUT2D eigenvalue weighted by atomic mass is 10.1. The number of anilines is 1. The van der Waals surface area contributed by atoms with Crippen molar-refractivity contribution >= 4 is 17.4 Å². The Bertz CT molecular complexity index is 328. The number of hydrogen-bond acceptors (Lipinski definition) is 3. The van der Waals surface area contributed by atoms with E-state index in [2.05, 4.69) is 49.4 Å². The molecule has 0 aromatic heterocycles. The van der Waals surface area contributed by atoms with Crippen LogP contribution >= 0.6 is 11.8 Å². The van der Waals surface area contributed by atoms with Gasteiger partial charge in [0.2, 0.25) is 0 Å². The first-order valence-corrected chi connectivity index (χ1v) is 7.59. The fourth-order valence-electron chi connectivity index (χ4n) is 1.94. The molecule has 0 aliphatic heterocycles. The Balaban J connectivity index is 2.76. The van der Waals surface area contributed by atoms with Crippen molar-refractivity contribution in [3.63, 3.8) is 0 Å². The van der Waals surface area contributed by atoms with Crippen molar-refractivity contribution in [2.75, 3.05) is 30.5 Å². The maximum Gasteiger partial charge on any atom is 0.0399 e. The fourth-order valence-corrected chi connectivity index (χ4v) is 2.52. The third-order valence-electron chi connectivity index (χ3n) is 3.19. The van der Waals surface area contributed by atoms with Gasteiger partial charge in [-0.1, -0.05) is 18.2 Å². The van der Waals surface area contributed by atoms with Crippen LogP contribution in [0.4, 0.5) is 5.69 Å². The van der Waals surface area contributed by atoms with Crippen LogP contribution < -0.4 is 10.6 Å². The van der Waals surface area contributed by atoms with Crippen molar-refractivity contribution in [3.8, 4) is 0 Å². The molecule has 1 aromatic rings. The zero-order chi connectivity index (χ0) is 12.7. The van der Waals surface area contributed by atoms with E-state index < -0.39 is 0 Å². The average Bonchev–Trinajstić information content (AvgIpc) is 2.36. The zero-order valence-corrected chi connectivity index (χ0v) is 12.0. The normalized spacial score (nSPS) is 12.5. The zero-order valence-electron chi connectivity index (χ0n) is 11.1. The van der Waals surface area contributed by atoms with E-state index in [0.717, 1.165) is 6.42 Å². The topological polar surface area (TPSA) is 29.3 Å². The molecule has 0 aliphatic rings. The molecule has 2 N–H and O–H groups in total. The third kappa shape index (κ3) is 4.25. The summed E-state index contributed by atoms with van der Waals surface area (Å²) in [6.07, 6.45) is 4.33. The van der Waals surface area contributed by atoms with Gasteiger partial charge in [0.15, 0.2) is 0 Å². The van der Waals surface area contributed by atoms with Crippen LogP contribution in [0, 0.1) is 0 Å². The second-order valence-corrected chi connectivity index (χ2v) is 5.39. The van der Waals surface area contributed by atoms with E-state index >= 15 is 0 Å². The Hall–Kier alpha value is -0.670. The minimum absolute atomic E-state index is 0.571. The molecule has 0 radical (unpaired) electrons. The maximum absolute atomic E-state index is 5.66. The standard InChI is InChI=1S/C14H24N2S/c1-12(9-11-17-3)16(2)14-7-5-4-6-13(14)8-10-15/h4-7,12H,8-11,15H2,1-3H3. The summed E-state index contributed by atoms with van der Waals surface area (Å²) in [5.74, 6) is 1.21. The van der Waals surface area contributed by atoms with Crippen LogP contribution in [0.2, 0.25) is 0 Å². The lowest BCUT2D eigenvalue weighted by molar-refractivity contribution is 0.666. The molecular weight excluding hydrogens is 228 g/mol. The molecule has 0 heterocycles. The first-order chi connectivity index (χ1) is 8.20. The molecule has 17 heavy (non-hydrogen) atoms. The number of nitrogens with two attached hydrogens (primary N) is 1. The van der Waals surface area contributed by atoms with Gasteiger partial charge in [-0.15, -0.1) is 0 Å². The first-order valence-electron chi connectivity index (χ1n) is 6.20. The largest absolute Gasteiger partial charge is 0.372 e. The second kappa shape index (κ2) is 7.62. The molecule has 0 bridgehead atoms. The quantitative estimate of drug-likeness (QED) is 0.809. The minimum atomic E-state index is 0.571. The summed E-state index contributed by atoms with van der Waals surface area (Å²) < 4.78 is 0. The van der Waals surface area contributed by atoms with Gasteiger partial charge < -0.3 is 10.6 Å². The van der Waals surface area contributed by atoms with Crippen LogP contribution in [0.5, 0.6) is 0 Å². The molecule has 0 saturated heterocycles. The number of benzene rings is 1. The Morgan fingerprint density at radius 3 is 2.71 bits per heavy atom. The summed E-state index contributed by atoms with van der Waals surface area (Å²) in [5, 5.41) is 0. The van der Waals surface area contributed by atoms with Gasteiger partial charge in [-0.3, -0.25) is 0 Å². The Morgan fingerprint density at radius 2 is 2.06 bits per heavy atom. The molecule has 1 aromatic carbocycles. The van der Waals surface area contributed by atoms with E-state index in [1.54, 1.807) is 0 Å². The van der Waals surface area contributed by atoms with Gasteiger partial charge in [0.1, 0.15) is 0 Å². The van der Waals surface area contributed by atoms with E-state index in [4.69, 9.17) is 5.73 Å². The summed E-state index contributed by atoms with van der Waals surface area (Å²) in [6.45, 7) is 3.00. The molecular formula is C14H24N2S. The third-order valence-corrected chi connectivity index (χ3v) is 3.83. The molecule has 0 saturated carbocycles. The molecule has 1 rings (SSSR count). The molecule has 96 valence electrons. The second-order valence-electron chi connectivity index (χ2n) is 4.41. The molecule has 1 unspecified atom stereocenters. The van der Waals surface area contributed by atoms with Gasteiger partial charge in [-0.05, 0) is 49.9 Å². The molecule has 0 fully saturated rings. The van der Waals surface area contributed by atoms with Crippen LogP contribution in [0.3, 0.4) is 0 Å². The number of hydrogen-bond donors (Lipinski definition) is 1. The monoisotopic (exact) mass is 252 g/mol. The van der Waals surface area contributed by atoms with Gasteiger partial charge in [0, 0.05) is 18.8 Å². The van der Waals surface area contributed by atoms with Crippen LogP contribution in [-0.2, 0) is 6.42 Å². The van der Waals surface area contributed by atoms with Gasteiger partial charge in [0.05, 0.1) is 0 Å². The van der Waals surface area contributed by atoms with Gasteiger partial charge in [-0.25, -0.2) is 0 Å². The van der Waals surface area contributed by atoms with Crippen molar-refractivity contribution in [2.24, 2.45) is 5.73 Å². The number of thioether (sulfide) groups is 1. The Kier molecular flexibility index (Phi) is 6.45. The summed E-state index contributed by atoms with van der Waals surface area (Å²) in [6, 6.07) is 9.14. The highest BCUT2D eigenvalue weighted by Gasteiger charge is 2.12. The molecule has 0 amide bonds. The SMILES string of the molecule is CSCCC(C)N(C)c1ccccc1CCN. The highest BCUT2D eigenvalue weighted by atomic mass is 32.2. The summed E-state index contributed by atoms with van der Waals surface area (Å²) in [5.41, 5.74) is 8.34. The Labute approximate surface area is 110 Å². The van der Waals surface area contributed by atoms with E-state index in [1.165, 1.54) is 23.4 Å². The van der Waals surface area contributed by atoms with Crippen molar-refractivity contribution in [2.45, 2.75) is 25.8 Å². The van der Waals surface area contributed by atoms with E-state index in [1.807, 2.05) is 11.8 Å². The lowest BCUT2D eigenvalue weighted by Gasteiger charge is -2.29. The molecule has 3 heteroatoms. The predicted octanol–water partition coefficient (Wildman–Crippen LogP) is 2.77. The highest BCUT2D eigenvalue weighted by molar-refractivity contribution is 7.98. The average molecular weight is 252 g/mol. The Morgan fingerprint density at radius 1 is 1.35 bits per heavy atom. The number of rotatable bonds is 7. The molecule has 0 spiro atoms. The van der Waals surface area contributed by atoms with Crippen molar-refractivity contribution in [1.82, 2.24) is 0 Å². The van der Waals surface area contributed by atoms with Crippen LogP contribution in [0.1, 0.15) is 18.9 Å². The highest BCUT2D eigenvalue weighted by Crippen LogP contribution is 2.22. The van der Waals surface area contributed by atoms with Crippen molar-refractivity contribution < 1.29 is 0 Å². The predicted molar refractivity (Wildman–Crippen MR) is 80.1 cm³/mol. The van der Waals surface area contributed by atoms with Crippen molar-refractivity contribution in [1.29, 1.82) is 0 Å². The lowest BCUT2D eigenvalue weighted by Crippen LogP contribution is -2.30. The van der Waals surface area contributed by atoms with E-state index in [9.17, 15) is 0 Å². The van der Waals surface area contributed by atoms with Gasteiger partial charge >= 0.3 is 0 Å². The molecule has 2 nitrogen and oxygen atoms in total. The summed E-state index contributed by atoms with van der Waals surface area (Å²) in [7, 11) is 2.18. The van der Waals surface area contributed by atoms with Gasteiger partial charge in [-0.2, -0.15) is 11.8 Å². The summed E-state index contributed by atoms with van der Waals surface area (Å²) >= 11 is 1.91. The summed E-state index contributed by atoms with van der Waals surface area (Å²) in [4.78, 5) is 2.38. The van der Waals surface area contributed by atoms with Crippen LogP contribution in [0.15, 0.2) is 24.3 Å². The minimum Gasteiger partial charge on any atom is -0.372 e. The number of para-hydroxylation sites is 1. The van der Waals surface area contributed by atoms with Gasteiger partial charge in [0.25, 0.3) is 0 Å². The molecule has 0 aliphatic carbocycles. The smallest absolute Gasteiger partial charge is 0.0399 e. The van der Waals surface area contributed by atoms with E-state index in [-0.39, 0.29) is 0 Å². The van der Waals surface area contributed by atoms with Crippen LogP contribution in [-0.4, -0.2) is 31.6 Å². The van der Waals surface area contributed by atoms with Crippen LogP contribution in [0.25, 0.3) is 0 Å². The first kappa shape index (κ1) is 14.4.